The predicted octanol–water partition coefficient (Wildman–Crippen LogP) is 3.29. The van der Waals surface area contributed by atoms with Gasteiger partial charge in [0, 0.05) is 18.5 Å². The van der Waals surface area contributed by atoms with Crippen LogP contribution in [0.15, 0.2) is 24.3 Å². The third-order valence-corrected chi connectivity index (χ3v) is 3.31. The number of benzene rings is 1. The molecule has 2 aromatic rings. The van der Waals surface area contributed by atoms with Gasteiger partial charge in [0.15, 0.2) is 6.29 Å². The van der Waals surface area contributed by atoms with Gasteiger partial charge in [-0.1, -0.05) is 12.1 Å². The highest BCUT2D eigenvalue weighted by Crippen LogP contribution is 2.28. The highest BCUT2D eigenvalue weighted by molar-refractivity contribution is 5.94. The minimum atomic E-state index is 0.594. The van der Waals surface area contributed by atoms with Crippen LogP contribution in [0.5, 0.6) is 5.75 Å². The minimum absolute atomic E-state index is 0.594. The first-order valence-corrected chi connectivity index (χ1v) is 7.01. The number of anilines is 1. The number of carbonyl (C=O) groups is 1. The number of nitrogens with zero attached hydrogens (tertiary/aromatic N) is 2. The maximum absolute atomic E-state index is 11.3. The number of hydrogen-bond acceptors (Lipinski definition) is 4. The predicted molar refractivity (Wildman–Crippen MR) is 81.9 cm³/mol. The van der Waals surface area contributed by atoms with E-state index in [1.54, 1.807) is 0 Å². The largest absolute Gasteiger partial charge is 0.492 e. The SMILES string of the molecule is CCOc1cccc2cc(C=O)c(N(CC)CC)nc12. The Hall–Kier alpha value is -2.10. The molecule has 2 rings (SSSR count). The Morgan fingerprint density at radius 2 is 2.00 bits per heavy atom. The van der Waals surface area contributed by atoms with Gasteiger partial charge in [0.2, 0.25) is 0 Å². The number of pyridine rings is 1. The molecule has 0 aliphatic heterocycles. The van der Waals surface area contributed by atoms with E-state index in [9.17, 15) is 4.79 Å². The summed E-state index contributed by atoms with van der Waals surface area (Å²) in [6.07, 6.45) is 0.868. The van der Waals surface area contributed by atoms with Crippen LogP contribution in [0.25, 0.3) is 10.9 Å². The van der Waals surface area contributed by atoms with Crippen LogP contribution in [-0.2, 0) is 0 Å². The summed E-state index contributed by atoms with van der Waals surface area (Å²) in [6.45, 7) is 8.27. The fourth-order valence-electron chi connectivity index (χ4n) is 2.31. The number of carbonyl (C=O) groups excluding carboxylic acids is 1. The van der Waals surface area contributed by atoms with Crippen molar-refractivity contribution in [3.8, 4) is 5.75 Å². The van der Waals surface area contributed by atoms with E-state index in [0.29, 0.717) is 12.2 Å². The van der Waals surface area contributed by atoms with Crippen molar-refractivity contribution in [2.75, 3.05) is 24.6 Å². The van der Waals surface area contributed by atoms with Crippen LogP contribution < -0.4 is 9.64 Å². The van der Waals surface area contributed by atoms with Crippen molar-refractivity contribution in [3.63, 3.8) is 0 Å². The molecule has 0 spiro atoms. The molecular formula is C16H20N2O2. The number of aldehydes is 1. The summed E-state index contributed by atoms with van der Waals surface area (Å²) < 4.78 is 5.63. The number of hydrogen-bond donors (Lipinski definition) is 0. The average molecular weight is 272 g/mol. The van der Waals surface area contributed by atoms with Crippen LogP contribution in [0.4, 0.5) is 5.82 Å². The normalized spacial score (nSPS) is 10.6. The molecule has 0 atom stereocenters. The number of aromatic nitrogens is 1. The van der Waals surface area contributed by atoms with Crippen molar-refractivity contribution in [1.82, 2.24) is 4.98 Å². The number of fused-ring (bicyclic) bond motifs is 1. The summed E-state index contributed by atoms with van der Waals surface area (Å²) in [5, 5.41) is 0.925. The molecule has 0 radical (unpaired) electrons. The Bertz CT molecular complexity index is 607. The summed E-state index contributed by atoms with van der Waals surface area (Å²) >= 11 is 0. The fraction of sp³-hybridized carbons (Fsp3) is 0.375. The standard InChI is InChI=1S/C16H20N2O2/c1-4-18(5-2)16-13(11-19)10-12-8-7-9-14(20-6-3)15(12)17-16/h7-11H,4-6H2,1-3H3. The molecule has 1 heterocycles. The molecular weight excluding hydrogens is 252 g/mol. The first-order valence-electron chi connectivity index (χ1n) is 7.01. The molecule has 106 valence electrons. The molecule has 4 heteroatoms. The Kier molecular flexibility index (Phi) is 4.56. The van der Waals surface area contributed by atoms with Crippen LogP contribution in [0, 0.1) is 0 Å². The molecule has 1 aromatic heterocycles. The Labute approximate surface area is 119 Å². The van der Waals surface area contributed by atoms with E-state index in [1.165, 1.54) is 0 Å². The maximum Gasteiger partial charge on any atom is 0.153 e. The van der Waals surface area contributed by atoms with Gasteiger partial charge in [-0.25, -0.2) is 4.98 Å². The zero-order valence-corrected chi connectivity index (χ0v) is 12.2. The van der Waals surface area contributed by atoms with Crippen molar-refractivity contribution < 1.29 is 9.53 Å². The van der Waals surface area contributed by atoms with E-state index < -0.39 is 0 Å². The molecule has 0 bridgehead atoms. The lowest BCUT2D eigenvalue weighted by Crippen LogP contribution is -2.24. The van der Waals surface area contributed by atoms with Crippen LogP contribution in [0.1, 0.15) is 31.1 Å². The second-order valence-electron chi connectivity index (χ2n) is 4.45. The highest BCUT2D eigenvalue weighted by Gasteiger charge is 2.13. The lowest BCUT2D eigenvalue weighted by Gasteiger charge is -2.22. The second kappa shape index (κ2) is 6.37. The molecule has 1 aromatic carbocycles. The molecule has 0 saturated carbocycles. The number of para-hydroxylation sites is 1. The van der Waals surface area contributed by atoms with Gasteiger partial charge in [0.05, 0.1) is 12.2 Å². The Morgan fingerprint density at radius 3 is 2.60 bits per heavy atom. The summed E-state index contributed by atoms with van der Waals surface area (Å²) in [7, 11) is 0. The summed E-state index contributed by atoms with van der Waals surface area (Å²) in [5.74, 6) is 1.49. The summed E-state index contributed by atoms with van der Waals surface area (Å²) in [6, 6.07) is 7.65. The van der Waals surface area contributed by atoms with Gasteiger partial charge in [0.25, 0.3) is 0 Å². The van der Waals surface area contributed by atoms with Gasteiger partial charge in [0.1, 0.15) is 17.1 Å². The fourth-order valence-corrected chi connectivity index (χ4v) is 2.31. The lowest BCUT2D eigenvalue weighted by molar-refractivity contribution is 0.112. The van der Waals surface area contributed by atoms with Gasteiger partial charge < -0.3 is 9.64 Å². The Morgan fingerprint density at radius 1 is 1.25 bits per heavy atom. The Balaban J connectivity index is 2.67. The third-order valence-electron chi connectivity index (χ3n) is 3.31. The van der Waals surface area contributed by atoms with E-state index in [2.05, 4.69) is 23.7 Å². The smallest absolute Gasteiger partial charge is 0.153 e. The topological polar surface area (TPSA) is 42.4 Å². The zero-order chi connectivity index (χ0) is 14.5. The number of ether oxygens (including phenoxy) is 1. The minimum Gasteiger partial charge on any atom is -0.492 e. The maximum atomic E-state index is 11.3. The van der Waals surface area contributed by atoms with Crippen molar-refractivity contribution >= 4 is 23.0 Å². The van der Waals surface area contributed by atoms with E-state index >= 15 is 0 Å². The second-order valence-corrected chi connectivity index (χ2v) is 4.45. The van der Waals surface area contributed by atoms with Gasteiger partial charge in [-0.05, 0) is 32.9 Å². The lowest BCUT2D eigenvalue weighted by atomic mass is 10.1. The summed E-state index contributed by atoms with van der Waals surface area (Å²) in [5.41, 5.74) is 1.43. The zero-order valence-electron chi connectivity index (χ0n) is 12.2. The quantitative estimate of drug-likeness (QED) is 0.757. The van der Waals surface area contributed by atoms with Crippen molar-refractivity contribution in [1.29, 1.82) is 0 Å². The number of rotatable bonds is 6. The van der Waals surface area contributed by atoms with E-state index in [4.69, 9.17) is 4.74 Å². The van der Waals surface area contributed by atoms with Crippen molar-refractivity contribution in [2.45, 2.75) is 20.8 Å². The molecule has 0 unspecified atom stereocenters. The molecule has 0 fully saturated rings. The molecule has 0 N–H and O–H groups in total. The van der Waals surface area contributed by atoms with Gasteiger partial charge in [-0.15, -0.1) is 0 Å². The van der Waals surface area contributed by atoms with Crippen LogP contribution >= 0.6 is 0 Å². The monoisotopic (exact) mass is 272 g/mol. The van der Waals surface area contributed by atoms with Gasteiger partial charge in [-0.3, -0.25) is 4.79 Å². The summed E-state index contributed by atoms with van der Waals surface area (Å²) in [4.78, 5) is 18.1. The molecule has 0 amide bonds. The third kappa shape index (κ3) is 2.59. The molecule has 20 heavy (non-hydrogen) atoms. The first kappa shape index (κ1) is 14.3. The van der Waals surface area contributed by atoms with Gasteiger partial charge in [-0.2, -0.15) is 0 Å². The van der Waals surface area contributed by atoms with Crippen molar-refractivity contribution in [3.05, 3.63) is 29.8 Å². The van der Waals surface area contributed by atoms with E-state index in [-0.39, 0.29) is 0 Å². The highest BCUT2D eigenvalue weighted by atomic mass is 16.5. The van der Waals surface area contributed by atoms with Crippen LogP contribution in [-0.4, -0.2) is 31.0 Å². The van der Waals surface area contributed by atoms with Crippen molar-refractivity contribution in [2.24, 2.45) is 0 Å². The molecule has 0 aliphatic carbocycles. The molecule has 0 saturated heterocycles. The van der Waals surface area contributed by atoms with E-state index in [1.807, 2.05) is 31.2 Å². The average Bonchev–Trinajstić information content (AvgIpc) is 2.48. The van der Waals surface area contributed by atoms with Crippen LogP contribution in [0.3, 0.4) is 0 Å². The molecule has 4 nitrogen and oxygen atoms in total. The molecule has 0 aliphatic rings. The van der Waals surface area contributed by atoms with Crippen LogP contribution in [0.2, 0.25) is 0 Å². The van der Waals surface area contributed by atoms with Gasteiger partial charge >= 0.3 is 0 Å². The van der Waals surface area contributed by atoms with E-state index in [0.717, 1.165) is 41.8 Å². The first-order chi connectivity index (χ1) is 9.74.